The zero-order chi connectivity index (χ0) is 43.1. The van der Waals surface area contributed by atoms with Crippen molar-refractivity contribution in [3.63, 3.8) is 0 Å². The standard InChI is InChI=1S/C61H46N4/c1-5-17-44(18-6-1)43-62-58-27-15-13-25-54(58)56-39-37-52(41-60(56)62)63(47-19-7-2-8-20-47)50-33-29-45(30-34-50)46-31-35-51(36-32-46)64(48-21-9-3-10-22-48)53-38-40-57-55-26-14-16-28-59(55)65(61(57)42-53)49-23-11-4-12-24-49/h1-3,5-11,13-42H,4,12,43H2. The van der Waals surface area contributed by atoms with Crippen LogP contribution in [0.15, 0.2) is 243 Å². The van der Waals surface area contributed by atoms with Crippen molar-refractivity contribution in [2.24, 2.45) is 0 Å². The normalized spacial score (nSPS) is 12.6. The minimum absolute atomic E-state index is 0.799. The van der Waals surface area contributed by atoms with Crippen LogP contribution in [0.1, 0.15) is 18.4 Å². The number of para-hydroxylation sites is 4. The van der Waals surface area contributed by atoms with Gasteiger partial charge in [0, 0.05) is 73.4 Å². The number of fused-ring (bicyclic) bond motifs is 6. The van der Waals surface area contributed by atoms with Crippen LogP contribution in [-0.2, 0) is 6.54 Å². The molecule has 1 aliphatic carbocycles. The molecule has 4 nitrogen and oxygen atoms in total. The van der Waals surface area contributed by atoms with Crippen molar-refractivity contribution in [1.82, 2.24) is 9.13 Å². The summed E-state index contributed by atoms with van der Waals surface area (Å²) in [6.07, 6.45) is 9.06. The predicted molar refractivity (Wildman–Crippen MR) is 275 cm³/mol. The first-order chi connectivity index (χ1) is 32.2. The molecule has 0 saturated carbocycles. The second-order valence-corrected chi connectivity index (χ2v) is 16.9. The fourth-order valence-corrected chi connectivity index (χ4v) is 9.91. The highest BCUT2D eigenvalue weighted by Gasteiger charge is 2.20. The number of anilines is 6. The van der Waals surface area contributed by atoms with E-state index in [9.17, 15) is 0 Å². The molecule has 11 aromatic rings. The second kappa shape index (κ2) is 16.4. The van der Waals surface area contributed by atoms with Gasteiger partial charge in [0.25, 0.3) is 0 Å². The van der Waals surface area contributed by atoms with Crippen molar-refractivity contribution in [2.45, 2.75) is 19.4 Å². The Morgan fingerprint density at radius 2 is 0.800 bits per heavy atom. The zero-order valence-electron chi connectivity index (χ0n) is 36.0. The lowest BCUT2D eigenvalue weighted by Gasteiger charge is -2.26. The van der Waals surface area contributed by atoms with Gasteiger partial charge in [-0.1, -0.05) is 152 Å². The van der Waals surface area contributed by atoms with E-state index in [1.807, 2.05) is 0 Å². The number of allylic oxidation sites excluding steroid dienone is 4. The largest absolute Gasteiger partial charge is 0.336 e. The van der Waals surface area contributed by atoms with Crippen molar-refractivity contribution >= 4 is 83.4 Å². The van der Waals surface area contributed by atoms with Crippen LogP contribution in [0.3, 0.4) is 0 Å². The van der Waals surface area contributed by atoms with E-state index in [0.717, 1.165) is 64.6 Å². The van der Waals surface area contributed by atoms with Crippen LogP contribution in [0.4, 0.5) is 34.1 Å². The van der Waals surface area contributed by atoms with Crippen LogP contribution >= 0.6 is 0 Å². The highest BCUT2D eigenvalue weighted by Crippen LogP contribution is 2.42. The lowest BCUT2D eigenvalue weighted by Crippen LogP contribution is -2.10. The number of aromatic nitrogens is 2. The van der Waals surface area contributed by atoms with Crippen LogP contribution in [0.25, 0.3) is 60.4 Å². The highest BCUT2D eigenvalue weighted by atomic mass is 15.2. The molecule has 310 valence electrons. The average Bonchev–Trinajstić information content (AvgIpc) is 3.87. The first-order valence-electron chi connectivity index (χ1n) is 22.6. The molecule has 0 saturated heterocycles. The third-order valence-electron chi connectivity index (χ3n) is 13.0. The summed E-state index contributed by atoms with van der Waals surface area (Å²) < 4.78 is 4.89. The Morgan fingerprint density at radius 3 is 1.37 bits per heavy atom. The molecule has 0 unspecified atom stereocenters. The maximum Gasteiger partial charge on any atom is 0.0561 e. The Labute approximate surface area is 379 Å². The molecule has 9 aromatic carbocycles. The molecular formula is C61H46N4. The van der Waals surface area contributed by atoms with E-state index in [2.05, 4.69) is 262 Å². The quantitative estimate of drug-likeness (QED) is 0.136. The molecule has 12 rings (SSSR count). The topological polar surface area (TPSA) is 16.3 Å². The van der Waals surface area contributed by atoms with Gasteiger partial charge in [0.1, 0.15) is 0 Å². The number of benzene rings is 9. The lowest BCUT2D eigenvalue weighted by molar-refractivity contribution is 0.869. The molecule has 0 N–H and O–H groups in total. The van der Waals surface area contributed by atoms with Gasteiger partial charge in [-0.25, -0.2) is 0 Å². The molecule has 1 aliphatic rings. The van der Waals surface area contributed by atoms with E-state index in [0.29, 0.717) is 0 Å². The lowest BCUT2D eigenvalue weighted by atomic mass is 10.0. The fourth-order valence-electron chi connectivity index (χ4n) is 9.91. The van der Waals surface area contributed by atoms with Gasteiger partial charge >= 0.3 is 0 Å². The Morgan fingerprint density at radius 1 is 0.354 bits per heavy atom. The molecule has 2 aromatic heterocycles. The van der Waals surface area contributed by atoms with Crippen LogP contribution in [0.5, 0.6) is 0 Å². The summed E-state index contributed by atoms with van der Waals surface area (Å²) in [6.45, 7) is 0.799. The van der Waals surface area contributed by atoms with Crippen LogP contribution in [-0.4, -0.2) is 9.13 Å². The molecule has 2 heterocycles. The van der Waals surface area contributed by atoms with E-state index in [4.69, 9.17) is 0 Å². The molecule has 65 heavy (non-hydrogen) atoms. The molecular weight excluding hydrogens is 789 g/mol. The van der Waals surface area contributed by atoms with Crippen molar-refractivity contribution in [3.8, 4) is 11.1 Å². The van der Waals surface area contributed by atoms with E-state index >= 15 is 0 Å². The Hall–Kier alpha value is -8.34. The highest BCUT2D eigenvalue weighted by molar-refractivity contribution is 6.12. The summed E-state index contributed by atoms with van der Waals surface area (Å²) in [5.41, 5.74) is 16.4. The van der Waals surface area contributed by atoms with Crippen molar-refractivity contribution in [3.05, 3.63) is 248 Å². The third-order valence-corrected chi connectivity index (χ3v) is 13.0. The van der Waals surface area contributed by atoms with E-state index < -0.39 is 0 Å². The van der Waals surface area contributed by atoms with Crippen LogP contribution in [0.2, 0.25) is 0 Å². The number of nitrogens with zero attached hydrogens (tertiary/aromatic N) is 4. The molecule has 4 heteroatoms. The van der Waals surface area contributed by atoms with Gasteiger partial charge < -0.3 is 18.9 Å². The van der Waals surface area contributed by atoms with Gasteiger partial charge in [-0.3, -0.25) is 0 Å². The van der Waals surface area contributed by atoms with Crippen molar-refractivity contribution in [2.75, 3.05) is 9.80 Å². The second-order valence-electron chi connectivity index (χ2n) is 16.9. The monoisotopic (exact) mass is 834 g/mol. The van der Waals surface area contributed by atoms with Crippen molar-refractivity contribution in [1.29, 1.82) is 0 Å². The summed E-state index contributed by atoms with van der Waals surface area (Å²) in [6, 6.07) is 81.5. The zero-order valence-corrected chi connectivity index (χ0v) is 36.0. The number of hydrogen-bond acceptors (Lipinski definition) is 2. The fraction of sp³-hybridized carbons (Fsp3) is 0.0492. The van der Waals surface area contributed by atoms with Gasteiger partial charge in [0.15, 0.2) is 0 Å². The summed E-state index contributed by atoms with van der Waals surface area (Å²) in [7, 11) is 0. The SMILES string of the molecule is C1=CC(n2c3ccccc3c3ccc(N(c4ccccc4)c4ccc(-c5ccc(N(c6ccccc6)c6ccc7c8ccccc8n(Cc8ccccc8)c7c6)cc5)cc4)cc32)=CCC1. The predicted octanol–water partition coefficient (Wildman–Crippen LogP) is 16.7. The first-order valence-corrected chi connectivity index (χ1v) is 22.6. The van der Waals surface area contributed by atoms with E-state index in [-0.39, 0.29) is 0 Å². The van der Waals surface area contributed by atoms with Crippen LogP contribution in [0, 0.1) is 0 Å². The maximum atomic E-state index is 2.46. The summed E-state index contributed by atoms with van der Waals surface area (Å²) in [4.78, 5) is 4.74. The van der Waals surface area contributed by atoms with Gasteiger partial charge in [-0.15, -0.1) is 0 Å². The molecule has 0 fully saturated rings. The summed E-state index contributed by atoms with van der Waals surface area (Å²) in [5, 5.41) is 5.06. The third kappa shape index (κ3) is 6.97. The Bertz CT molecular complexity index is 3540. The smallest absolute Gasteiger partial charge is 0.0561 e. The van der Waals surface area contributed by atoms with Crippen molar-refractivity contribution < 1.29 is 0 Å². The van der Waals surface area contributed by atoms with Gasteiger partial charge in [-0.05, 0) is 121 Å². The maximum absolute atomic E-state index is 2.46. The molecule has 0 amide bonds. The number of hydrogen-bond donors (Lipinski definition) is 0. The summed E-state index contributed by atoms with van der Waals surface area (Å²) in [5.74, 6) is 0. The average molecular weight is 835 g/mol. The van der Waals surface area contributed by atoms with Crippen LogP contribution < -0.4 is 9.80 Å². The Kier molecular flexibility index (Phi) is 9.68. The minimum atomic E-state index is 0.799. The van der Waals surface area contributed by atoms with E-state index in [1.54, 1.807) is 0 Å². The summed E-state index contributed by atoms with van der Waals surface area (Å²) >= 11 is 0. The van der Waals surface area contributed by atoms with E-state index in [1.165, 1.54) is 54.9 Å². The van der Waals surface area contributed by atoms with Gasteiger partial charge in [-0.2, -0.15) is 0 Å². The Balaban J connectivity index is 0.902. The molecule has 0 aliphatic heterocycles. The van der Waals surface area contributed by atoms with Gasteiger partial charge in [0.2, 0.25) is 0 Å². The first kappa shape index (κ1) is 38.3. The van der Waals surface area contributed by atoms with Gasteiger partial charge in [0.05, 0.1) is 16.6 Å². The molecule has 0 spiro atoms. The molecule has 0 bridgehead atoms. The minimum Gasteiger partial charge on any atom is -0.336 e. The molecule has 0 radical (unpaired) electrons. The molecule has 0 atom stereocenters. The number of rotatable bonds is 10.